The molecule has 0 unspecified atom stereocenters. The number of amides is 1. The van der Waals surface area contributed by atoms with Crippen LogP contribution in [-0.4, -0.2) is 59.3 Å². The number of aromatic nitrogens is 2. The Bertz CT molecular complexity index is 1490. The highest BCUT2D eigenvalue weighted by Gasteiger charge is 2.31. The monoisotopic (exact) mass is 484 g/mol. The number of para-hydroxylation sites is 1. The molecule has 0 bridgehead atoms. The molecule has 0 radical (unpaired) electrons. The number of H-pyrrole nitrogens is 1. The second-order valence-corrected chi connectivity index (χ2v) is 11.4. The van der Waals surface area contributed by atoms with Crippen LogP contribution in [0.25, 0.3) is 21.1 Å². The molecule has 1 aliphatic rings. The molecule has 1 saturated heterocycles. The standard InChI is InChI=1S/C23H24N4O4S2/c1-15(2)27-20-8-7-17(14-21(20)32-23(27)29)33(30,31)26-11-9-25(10-12-26)22(28)19-13-16-5-3-4-6-18(16)24-19/h3-8,13-15,24H,9-12H2,1-2H3. The van der Waals surface area contributed by atoms with E-state index in [-0.39, 0.29) is 34.8 Å². The second-order valence-electron chi connectivity index (χ2n) is 8.43. The molecule has 2 aromatic heterocycles. The summed E-state index contributed by atoms with van der Waals surface area (Å²) < 4.78 is 30.2. The van der Waals surface area contributed by atoms with Crippen molar-refractivity contribution in [1.29, 1.82) is 0 Å². The number of thiazole rings is 1. The second kappa shape index (κ2) is 8.12. The van der Waals surface area contributed by atoms with Crippen molar-refractivity contribution in [2.24, 2.45) is 0 Å². The third-order valence-corrected chi connectivity index (χ3v) is 8.84. The van der Waals surface area contributed by atoms with E-state index in [1.165, 1.54) is 4.31 Å². The third kappa shape index (κ3) is 3.77. The van der Waals surface area contributed by atoms with Gasteiger partial charge in [0.25, 0.3) is 5.91 Å². The van der Waals surface area contributed by atoms with E-state index in [1.54, 1.807) is 27.7 Å². The number of hydrogen-bond acceptors (Lipinski definition) is 5. The van der Waals surface area contributed by atoms with E-state index in [9.17, 15) is 18.0 Å². The summed E-state index contributed by atoms with van der Waals surface area (Å²) in [5, 5.41) is 0.964. The van der Waals surface area contributed by atoms with Gasteiger partial charge in [0.15, 0.2) is 0 Å². The minimum atomic E-state index is -3.73. The Hall–Kier alpha value is -2.95. The molecule has 0 aliphatic carbocycles. The largest absolute Gasteiger partial charge is 0.351 e. The van der Waals surface area contributed by atoms with Gasteiger partial charge in [0.1, 0.15) is 5.69 Å². The average molecular weight is 485 g/mol. The van der Waals surface area contributed by atoms with Crippen LogP contribution in [0, 0.1) is 0 Å². The summed E-state index contributed by atoms with van der Waals surface area (Å²) in [7, 11) is -3.73. The summed E-state index contributed by atoms with van der Waals surface area (Å²) in [6, 6.07) is 14.3. The first-order valence-electron chi connectivity index (χ1n) is 10.8. The minimum absolute atomic E-state index is 0.00316. The highest BCUT2D eigenvalue weighted by Crippen LogP contribution is 2.26. The van der Waals surface area contributed by atoms with E-state index < -0.39 is 10.0 Å². The van der Waals surface area contributed by atoms with Crippen molar-refractivity contribution in [3.05, 3.63) is 63.9 Å². The van der Waals surface area contributed by atoms with Gasteiger partial charge in [0.2, 0.25) is 10.0 Å². The number of carbonyl (C=O) groups excluding carboxylic acids is 1. The van der Waals surface area contributed by atoms with Crippen molar-refractivity contribution in [3.63, 3.8) is 0 Å². The quantitative estimate of drug-likeness (QED) is 0.481. The summed E-state index contributed by atoms with van der Waals surface area (Å²) in [5.41, 5.74) is 2.14. The van der Waals surface area contributed by atoms with E-state index >= 15 is 0 Å². The van der Waals surface area contributed by atoms with Crippen LogP contribution >= 0.6 is 11.3 Å². The number of nitrogens with zero attached hydrogens (tertiary/aromatic N) is 3. The van der Waals surface area contributed by atoms with Crippen molar-refractivity contribution < 1.29 is 13.2 Å². The highest BCUT2D eigenvalue weighted by molar-refractivity contribution is 7.89. The molecular formula is C23H24N4O4S2. The number of hydrogen-bond donors (Lipinski definition) is 1. The molecular weight excluding hydrogens is 460 g/mol. The molecule has 4 aromatic rings. The lowest BCUT2D eigenvalue weighted by Gasteiger charge is -2.33. The summed E-state index contributed by atoms with van der Waals surface area (Å²) >= 11 is 1.06. The smallest absolute Gasteiger partial charge is 0.308 e. The average Bonchev–Trinajstić information content (AvgIpc) is 3.38. The lowest BCUT2D eigenvalue weighted by atomic mass is 10.2. The van der Waals surface area contributed by atoms with Crippen LogP contribution in [0.4, 0.5) is 0 Å². The van der Waals surface area contributed by atoms with E-state index in [0.717, 1.165) is 27.8 Å². The predicted octanol–water partition coefficient (Wildman–Crippen LogP) is 3.27. The topological polar surface area (TPSA) is 95.5 Å². The maximum Gasteiger partial charge on any atom is 0.308 e. The number of rotatable bonds is 4. The molecule has 0 spiro atoms. The lowest BCUT2D eigenvalue weighted by molar-refractivity contribution is 0.0693. The van der Waals surface area contributed by atoms with Crippen molar-refractivity contribution in [1.82, 2.24) is 18.8 Å². The Morgan fingerprint density at radius 3 is 2.45 bits per heavy atom. The van der Waals surface area contributed by atoms with Crippen LogP contribution in [0.15, 0.2) is 58.2 Å². The Morgan fingerprint density at radius 1 is 1.03 bits per heavy atom. The van der Waals surface area contributed by atoms with Crippen molar-refractivity contribution in [2.45, 2.75) is 24.8 Å². The van der Waals surface area contributed by atoms with E-state index in [2.05, 4.69) is 4.98 Å². The highest BCUT2D eigenvalue weighted by atomic mass is 32.2. The summed E-state index contributed by atoms with van der Waals surface area (Å²) in [5.74, 6) is -0.135. The molecule has 0 saturated carbocycles. The van der Waals surface area contributed by atoms with Crippen LogP contribution in [-0.2, 0) is 10.0 Å². The van der Waals surface area contributed by atoms with E-state index in [1.807, 2.05) is 44.2 Å². The third-order valence-electron chi connectivity index (χ3n) is 6.03. The Kier molecular flexibility index (Phi) is 5.38. The Morgan fingerprint density at radius 2 is 1.76 bits per heavy atom. The van der Waals surface area contributed by atoms with Gasteiger partial charge in [0, 0.05) is 43.1 Å². The van der Waals surface area contributed by atoms with Crippen LogP contribution in [0.1, 0.15) is 30.4 Å². The molecule has 172 valence electrons. The molecule has 2 aromatic carbocycles. The SMILES string of the molecule is CC(C)n1c(=O)sc2cc(S(=O)(=O)N3CCN(C(=O)c4cc5ccccc5[nH]4)CC3)ccc21. The Labute approximate surface area is 195 Å². The molecule has 0 atom stereocenters. The number of nitrogens with one attached hydrogen (secondary N) is 1. The molecule has 8 nitrogen and oxygen atoms in total. The first kappa shape index (κ1) is 21.9. The van der Waals surface area contributed by atoms with E-state index in [0.29, 0.717) is 23.5 Å². The maximum absolute atomic E-state index is 13.3. The number of carbonyl (C=O) groups is 1. The molecule has 33 heavy (non-hydrogen) atoms. The fourth-order valence-electron chi connectivity index (χ4n) is 4.31. The molecule has 10 heteroatoms. The summed E-state index contributed by atoms with van der Waals surface area (Å²) in [6.45, 7) is 4.91. The Balaban J connectivity index is 1.33. The van der Waals surface area contributed by atoms with Crippen molar-refractivity contribution in [2.75, 3.05) is 26.2 Å². The predicted molar refractivity (Wildman–Crippen MR) is 129 cm³/mol. The van der Waals surface area contributed by atoms with Gasteiger partial charge in [-0.05, 0) is 44.2 Å². The van der Waals surface area contributed by atoms with Gasteiger partial charge in [-0.2, -0.15) is 4.31 Å². The van der Waals surface area contributed by atoms with Crippen LogP contribution < -0.4 is 4.87 Å². The van der Waals surface area contributed by atoms with Crippen molar-refractivity contribution in [3.8, 4) is 0 Å². The van der Waals surface area contributed by atoms with Crippen LogP contribution in [0.2, 0.25) is 0 Å². The lowest BCUT2D eigenvalue weighted by Crippen LogP contribution is -2.50. The van der Waals surface area contributed by atoms with Gasteiger partial charge in [-0.25, -0.2) is 8.42 Å². The number of benzene rings is 2. The van der Waals surface area contributed by atoms with Crippen molar-refractivity contribution >= 4 is 48.4 Å². The molecule has 1 fully saturated rings. The zero-order valence-electron chi connectivity index (χ0n) is 18.3. The summed E-state index contributed by atoms with van der Waals surface area (Å²) in [4.78, 5) is 30.1. The fourth-order valence-corrected chi connectivity index (χ4v) is 6.88. The summed E-state index contributed by atoms with van der Waals surface area (Å²) in [6.07, 6.45) is 0. The molecule has 1 N–H and O–H groups in total. The first-order chi connectivity index (χ1) is 15.8. The van der Waals surface area contributed by atoms with Gasteiger partial charge < -0.3 is 9.88 Å². The van der Waals surface area contributed by atoms with Gasteiger partial charge >= 0.3 is 4.87 Å². The van der Waals surface area contributed by atoms with Crippen LogP contribution in [0.5, 0.6) is 0 Å². The number of aromatic amines is 1. The van der Waals surface area contributed by atoms with Crippen LogP contribution in [0.3, 0.4) is 0 Å². The molecule has 1 aliphatic heterocycles. The normalized spacial score (nSPS) is 15.7. The van der Waals surface area contributed by atoms with Gasteiger partial charge in [-0.15, -0.1) is 0 Å². The van der Waals surface area contributed by atoms with Gasteiger partial charge in [-0.3, -0.25) is 14.2 Å². The number of piperazine rings is 1. The molecule has 3 heterocycles. The molecule has 1 amide bonds. The maximum atomic E-state index is 13.3. The number of fused-ring (bicyclic) bond motifs is 2. The van der Waals surface area contributed by atoms with Gasteiger partial charge in [-0.1, -0.05) is 29.5 Å². The minimum Gasteiger partial charge on any atom is -0.351 e. The van der Waals surface area contributed by atoms with E-state index in [4.69, 9.17) is 0 Å². The first-order valence-corrected chi connectivity index (χ1v) is 13.0. The number of sulfonamides is 1. The molecule has 5 rings (SSSR count). The van der Waals surface area contributed by atoms with Gasteiger partial charge in [0.05, 0.1) is 15.1 Å². The zero-order chi connectivity index (χ0) is 23.3. The zero-order valence-corrected chi connectivity index (χ0v) is 19.9. The fraction of sp³-hybridized carbons (Fsp3) is 0.304.